The summed E-state index contributed by atoms with van der Waals surface area (Å²) in [6.07, 6.45) is 2.51. The molecule has 1 N–H and O–H groups in total. The predicted octanol–water partition coefficient (Wildman–Crippen LogP) is 0.281. The minimum atomic E-state index is -3.87. The fraction of sp³-hybridized carbons (Fsp3) is 0.765. The van der Waals surface area contributed by atoms with E-state index in [0.717, 1.165) is 39.1 Å². The van der Waals surface area contributed by atoms with E-state index in [1.165, 1.54) is 6.92 Å². The number of sulfonamides is 1. The molecule has 27 heavy (non-hydrogen) atoms. The Kier molecular flexibility index (Phi) is 6.19. The Bertz CT molecular complexity index is 745. The van der Waals surface area contributed by atoms with E-state index in [9.17, 15) is 13.2 Å². The zero-order valence-electron chi connectivity index (χ0n) is 16.1. The molecular weight excluding hydrogens is 372 g/mol. The van der Waals surface area contributed by atoms with Gasteiger partial charge in [-0.2, -0.15) is 4.72 Å². The number of hydrogen-bond donors (Lipinski definition) is 1. The van der Waals surface area contributed by atoms with Crippen LogP contribution in [0.5, 0.6) is 0 Å². The van der Waals surface area contributed by atoms with E-state index in [2.05, 4.69) is 14.8 Å². The van der Waals surface area contributed by atoms with Gasteiger partial charge in [-0.15, -0.1) is 0 Å². The van der Waals surface area contributed by atoms with Crippen LogP contribution in [0, 0.1) is 13.8 Å². The number of nitrogens with one attached hydrogen (secondary N) is 1. The van der Waals surface area contributed by atoms with E-state index in [0.29, 0.717) is 19.2 Å². The average molecular weight is 401 g/mol. The van der Waals surface area contributed by atoms with Crippen molar-refractivity contribution in [1.82, 2.24) is 19.7 Å². The van der Waals surface area contributed by atoms with Crippen LogP contribution in [0.4, 0.5) is 0 Å². The zero-order valence-corrected chi connectivity index (χ0v) is 16.9. The van der Waals surface area contributed by atoms with Gasteiger partial charge in [-0.25, -0.2) is 8.42 Å². The summed E-state index contributed by atoms with van der Waals surface area (Å²) < 4.78 is 38.2. The van der Waals surface area contributed by atoms with Gasteiger partial charge in [-0.3, -0.25) is 9.69 Å². The summed E-state index contributed by atoms with van der Waals surface area (Å²) in [5, 5.41) is 3.67. The Morgan fingerprint density at radius 1 is 1.30 bits per heavy atom. The number of carbonyl (C=O) groups is 1. The fourth-order valence-corrected chi connectivity index (χ4v) is 5.23. The lowest BCUT2D eigenvalue weighted by molar-refractivity contribution is -0.134. The molecular formula is C17H28N4O5S. The Balaban J connectivity index is 1.53. The van der Waals surface area contributed by atoms with E-state index in [-0.39, 0.29) is 22.3 Å². The van der Waals surface area contributed by atoms with Gasteiger partial charge in [-0.1, -0.05) is 5.16 Å². The number of ether oxygens (including phenoxy) is 1. The highest BCUT2D eigenvalue weighted by atomic mass is 32.2. The first-order valence-electron chi connectivity index (χ1n) is 9.36. The minimum absolute atomic E-state index is 0.00327. The second-order valence-electron chi connectivity index (χ2n) is 7.26. The van der Waals surface area contributed by atoms with Gasteiger partial charge in [0.1, 0.15) is 10.6 Å². The van der Waals surface area contributed by atoms with Crippen molar-refractivity contribution >= 4 is 15.9 Å². The first-order chi connectivity index (χ1) is 12.8. The summed E-state index contributed by atoms with van der Waals surface area (Å²) >= 11 is 0. The third-order valence-electron chi connectivity index (χ3n) is 5.11. The van der Waals surface area contributed by atoms with Crippen LogP contribution >= 0.6 is 0 Å². The average Bonchev–Trinajstić information content (AvgIpc) is 3.24. The molecule has 3 rings (SSSR count). The number of aryl methyl sites for hydroxylation is 2. The molecule has 0 radical (unpaired) electrons. The molecule has 2 fully saturated rings. The van der Waals surface area contributed by atoms with Gasteiger partial charge in [0.2, 0.25) is 15.9 Å². The quantitative estimate of drug-likeness (QED) is 0.731. The highest BCUT2D eigenvalue weighted by Crippen LogP contribution is 2.19. The molecule has 0 aliphatic carbocycles. The van der Waals surface area contributed by atoms with Gasteiger partial charge in [0.15, 0.2) is 5.76 Å². The molecule has 1 amide bonds. The maximum absolute atomic E-state index is 12.7. The van der Waals surface area contributed by atoms with Crippen molar-refractivity contribution in [2.45, 2.75) is 50.7 Å². The molecule has 0 spiro atoms. The number of hydrogen-bond acceptors (Lipinski definition) is 7. The zero-order chi connectivity index (χ0) is 19.6. The normalized spacial score (nSPS) is 22.9. The van der Waals surface area contributed by atoms with E-state index in [1.807, 2.05) is 0 Å². The molecule has 2 aliphatic heterocycles. The molecule has 10 heteroatoms. The molecule has 2 atom stereocenters. The Morgan fingerprint density at radius 2 is 2.00 bits per heavy atom. The number of rotatable bonds is 6. The maximum Gasteiger partial charge on any atom is 0.246 e. The second-order valence-corrected chi connectivity index (χ2v) is 8.91. The fourth-order valence-electron chi connectivity index (χ4n) is 3.70. The molecule has 9 nitrogen and oxygen atoms in total. The summed E-state index contributed by atoms with van der Waals surface area (Å²) in [5.74, 6) is -0.00973. The van der Waals surface area contributed by atoms with E-state index >= 15 is 0 Å². The molecule has 152 valence electrons. The number of piperazine rings is 1. The smallest absolute Gasteiger partial charge is 0.246 e. The summed E-state index contributed by atoms with van der Waals surface area (Å²) in [7, 11) is -3.87. The maximum atomic E-state index is 12.7. The molecule has 0 aromatic carbocycles. The molecule has 0 bridgehead atoms. The van der Waals surface area contributed by atoms with Crippen molar-refractivity contribution in [3.05, 3.63) is 11.5 Å². The van der Waals surface area contributed by atoms with Gasteiger partial charge >= 0.3 is 0 Å². The van der Waals surface area contributed by atoms with Crippen molar-refractivity contribution in [3.63, 3.8) is 0 Å². The highest BCUT2D eigenvalue weighted by Gasteiger charge is 2.31. The lowest BCUT2D eigenvalue weighted by Crippen LogP contribution is -2.54. The number of amides is 1. The van der Waals surface area contributed by atoms with Gasteiger partial charge in [0.05, 0.1) is 12.1 Å². The lowest BCUT2D eigenvalue weighted by atomic mass is 10.2. The third-order valence-corrected chi connectivity index (χ3v) is 6.89. The summed E-state index contributed by atoms with van der Waals surface area (Å²) in [6, 6.07) is -0.853. The number of aromatic nitrogens is 1. The van der Waals surface area contributed by atoms with Crippen molar-refractivity contribution in [1.29, 1.82) is 0 Å². The van der Waals surface area contributed by atoms with Crippen LogP contribution in [0.25, 0.3) is 0 Å². The van der Waals surface area contributed by atoms with Gasteiger partial charge in [0.25, 0.3) is 0 Å². The second kappa shape index (κ2) is 8.26. The molecule has 1 aromatic rings. The highest BCUT2D eigenvalue weighted by molar-refractivity contribution is 7.89. The van der Waals surface area contributed by atoms with Gasteiger partial charge in [-0.05, 0) is 33.6 Å². The molecule has 0 saturated carbocycles. The molecule has 1 unspecified atom stereocenters. The van der Waals surface area contributed by atoms with E-state index in [1.54, 1.807) is 18.7 Å². The van der Waals surface area contributed by atoms with Gasteiger partial charge in [0, 0.05) is 39.3 Å². The summed E-state index contributed by atoms with van der Waals surface area (Å²) in [4.78, 5) is 16.7. The Morgan fingerprint density at radius 3 is 2.56 bits per heavy atom. The van der Waals surface area contributed by atoms with Crippen LogP contribution in [0.15, 0.2) is 9.42 Å². The van der Waals surface area contributed by atoms with Crippen LogP contribution in [-0.2, 0) is 19.6 Å². The van der Waals surface area contributed by atoms with Crippen molar-refractivity contribution in [3.8, 4) is 0 Å². The SMILES string of the molecule is Cc1noc(C)c1S(=O)(=O)N[C@@H](C)C(=O)N1CCN(CC2CCCO2)CC1. The molecule has 2 aliphatic rings. The summed E-state index contributed by atoms with van der Waals surface area (Å²) in [5.41, 5.74) is 0.280. The predicted molar refractivity (Wildman–Crippen MR) is 97.8 cm³/mol. The monoisotopic (exact) mass is 400 g/mol. The van der Waals surface area contributed by atoms with Crippen LogP contribution in [0.2, 0.25) is 0 Å². The minimum Gasteiger partial charge on any atom is -0.377 e. The van der Waals surface area contributed by atoms with Crippen LogP contribution in [0.1, 0.15) is 31.2 Å². The molecule has 2 saturated heterocycles. The van der Waals surface area contributed by atoms with Gasteiger partial charge < -0.3 is 14.2 Å². The number of carbonyl (C=O) groups excluding carboxylic acids is 1. The number of nitrogens with zero attached hydrogens (tertiary/aromatic N) is 3. The van der Waals surface area contributed by atoms with E-state index in [4.69, 9.17) is 9.26 Å². The topological polar surface area (TPSA) is 105 Å². The van der Waals surface area contributed by atoms with Crippen LogP contribution in [0.3, 0.4) is 0 Å². The Labute approximate surface area is 160 Å². The molecule has 3 heterocycles. The first-order valence-corrected chi connectivity index (χ1v) is 10.8. The van der Waals surface area contributed by atoms with E-state index < -0.39 is 16.1 Å². The standard InChI is InChI=1S/C17H28N4O5S/c1-12-16(14(3)26-18-12)27(23,24)19-13(2)17(22)21-8-6-20(7-9-21)11-15-5-4-10-25-15/h13,15,19H,4-11H2,1-3H3/t13-,15?/m0/s1. The van der Waals surface area contributed by atoms with Crippen molar-refractivity contribution in [2.75, 3.05) is 39.3 Å². The van der Waals surface area contributed by atoms with Crippen molar-refractivity contribution in [2.24, 2.45) is 0 Å². The van der Waals surface area contributed by atoms with Crippen molar-refractivity contribution < 1.29 is 22.5 Å². The molecule has 1 aromatic heterocycles. The lowest BCUT2D eigenvalue weighted by Gasteiger charge is -2.36. The van der Waals surface area contributed by atoms with Crippen LogP contribution < -0.4 is 4.72 Å². The third kappa shape index (κ3) is 4.68. The first kappa shape index (κ1) is 20.2. The summed E-state index contributed by atoms with van der Waals surface area (Å²) in [6.45, 7) is 9.12. The van der Waals surface area contributed by atoms with Crippen LogP contribution in [-0.4, -0.2) is 80.8 Å². The largest absolute Gasteiger partial charge is 0.377 e. The Hall–Kier alpha value is -1.49.